The van der Waals surface area contributed by atoms with Gasteiger partial charge in [-0.1, -0.05) is 12.8 Å². The lowest BCUT2D eigenvalue weighted by molar-refractivity contribution is -0.139. The molecule has 1 aliphatic rings. The van der Waals surface area contributed by atoms with Crippen LogP contribution in [0.4, 0.5) is 0 Å². The van der Waals surface area contributed by atoms with Gasteiger partial charge in [-0.2, -0.15) is 0 Å². The fourth-order valence-corrected chi connectivity index (χ4v) is 3.62. The smallest absolute Gasteiger partial charge is 0.317 e. The van der Waals surface area contributed by atoms with Crippen molar-refractivity contribution in [3.63, 3.8) is 0 Å². The van der Waals surface area contributed by atoms with Crippen LogP contribution in [-0.4, -0.2) is 28.6 Å². The number of halogens is 1. The van der Waals surface area contributed by atoms with Crippen LogP contribution in [0.15, 0.2) is 15.2 Å². The maximum atomic E-state index is 10.9. The first-order valence-electron chi connectivity index (χ1n) is 5.84. The van der Waals surface area contributed by atoms with Gasteiger partial charge in [-0.3, -0.25) is 9.69 Å². The molecule has 0 atom stereocenters. The Morgan fingerprint density at radius 1 is 1.53 bits per heavy atom. The van der Waals surface area contributed by atoms with Crippen molar-refractivity contribution < 1.29 is 9.90 Å². The van der Waals surface area contributed by atoms with Crippen LogP contribution in [0, 0.1) is 0 Å². The first kappa shape index (κ1) is 13.1. The van der Waals surface area contributed by atoms with Crippen molar-refractivity contribution in [2.24, 2.45) is 0 Å². The number of thiophene rings is 1. The number of aliphatic carboxylic acids is 1. The molecule has 2 rings (SSSR count). The minimum atomic E-state index is -0.730. The van der Waals surface area contributed by atoms with E-state index in [2.05, 4.69) is 32.3 Å². The fourth-order valence-electron chi connectivity index (χ4n) is 2.42. The topological polar surface area (TPSA) is 40.5 Å². The van der Waals surface area contributed by atoms with Crippen LogP contribution < -0.4 is 0 Å². The predicted octanol–water partition coefficient (Wildman–Crippen LogP) is 3.34. The summed E-state index contributed by atoms with van der Waals surface area (Å²) in [4.78, 5) is 13.0. The summed E-state index contributed by atoms with van der Waals surface area (Å²) in [5.74, 6) is -0.730. The summed E-state index contributed by atoms with van der Waals surface area (Å²) in [6.45, 7) is 0.900. The summed E-state index contributed by atoms with van der Waals surface area (Å²) < 4.78 is 1.11. The van der Waals surface area contributed by atoms with E-state index in [1.54, 1.807) is 11.3 Å². The molecule has 0 unspecified atom stereocenters. The van der Waals surface area contributed by atoms with Gasteiger partial charge < -0.3 is 5.11 Å². The minimum Gasteiger partial charge on any atom is -0.480 e. The maximum Gasteiger partial charge on any atom is 0.317 e. The molecular weight excluding hydrogens is 302 g/mol. The standard InChI is InChI=1S/C12H16BrNO2S/c13-11-5-9(8-17-11)6-14(7-12(15)16)10-3-1-2-4-10/h5,8,10H,1-4,6-7H2,(H,15,16). The number of rotatable bonds is 5. The van der Waals surface area contributed by atoms with Crippen molar-refractivity contribution in [1.29, 1.82) is 0 Å². The molecule has 0 aliphatic heterocycles. The molecule has 17 heavy (non-hydrogen) atoms. The van der Waals surface area contributed by atoms with Crippen LogP contribution in [0.1, 0.15) is 31.2 Å². The number of carbonyl (C=O) groups is 1. The molecule has 5 heteroatoms. The van der Waals surface area contributed by atoms with Crippen LogP contribution in [0.25, 0.3) is 0 Å². The Morgan fingerprint density at radius 2 is 2.24 bits per heavy atom. The lowest BCUT2D eigenvalue weighted by atomic mass is 10.2. The molecule has 0 bridgehead atoms. The summed E-state index contributed by atoms with van der Waals surface area (Å²) in [5.41, 5.74) is 1.20. The van der Waals surface area contributed by atoms with Gasteiger partial charge in [0.2, 0.25) is 0 Å². The Hall–Kier alpha value is -0.390. The molecule has 1 aromatic heterocycles. The first-order chi connectivity index (χ1) is 8.15. The van der Waals surface area contributed by atoms with Gasteiger partial charge >= 0.3 is 5.97 Å². The van der Waals surface area contributed by atoms with E-state index in [1.807, 2.05) is 0 Å². The highest BCUT2D eigenvalue weighted by Gasteiger charge is 2.24. The van der Waals surface area contributed by atoms with Gasteiger partial charge in [-0.15, -0.1) is 11.3 Å². The van der Waals surface area contributed by atoms with E-state index in [0.717, 1.165) is 23.2 Å². The third-order valence-corrected chi connectivity index (χ3v) is 4.74. The zero-order valence-electron chi connectivity index (χ0n) is 9.56. The lowest BCUT2D eigenvalue weighted by Gasteiger charge is -2.26. The van der Waals surface area contributed by atoms with E-state index in [0.29, 0.717) is 6.04 Å². The lowest BCUT2D eigenvalue weighted by Crippen LogP contribution is -2.36. The predicted molar refractivity (Wildman–Crippen MR) is 72.3 cm³/mol. The molecule has 1 aliphatic carbocycles. The SMILES string of the molecule is O=C(O)CN(Cc1csc(Br)c1)C1CCCC1. The molecule has 0 radical (unpaired) electrons. The van der Waals surface area contributed by atoms with Crippen LogP contribution >= 0.6 is 27.3 Å². The molecule has 94 valence electrons. The summed E-state index contributed by atoms with van der Waals surface area (Å²) in [5, 5.41) is 11.1. The van der Waals surface area contributed by atoms with Gasteiger partial charge in [0, 0.05) is 12.6 Å². The van der Waals surface area contributed by atoms with Crippen molar-refractivity contribution in [2.45, 2.75) is 38.3 Å². The van der Waals surface area contributed by atoms with E-state index >= 15 is 0 Å². The zero-order chi connectivity index (χ0) is 12.3. The molecule has 1 aromatic rings. The molecule has 3 nitrogen and oxygen atoms in total. The van der Waals surface area contributed by atoms with Gasteiger partial charge in [0.15, 0.2) is 0 Å². The molecule has 0 aromatic carbocycles. The monoisotopic (exact) mass is 317 g/mol. The van der Waals surface area contributed by atoms with Gasteiger partial charge in [-0.05, 0) is 45.8 Å². The summed E-state index contributed by atoms with van der Waals surface area (Å²) >= 11 is 5.09. The van der Waals surface area contributed by atoms with E-state index in [-0.39, 0.29) is 6.54 Å². The van der Waals surface area contributed by atoms with E-state index in [9.17, 15) is 4.79 Å². The number of hydrogen-bond acceptors (Lipinski definition) is 3. The summed E-state index contributed by atoms with van der Waals surface area (Å²) in [6.07, 6.45) is 4.74. The molecule has 1 N–H and O–H groups in total. The molecule has 0 spiro atoms. The zero-order valence-corrected chi connectivity index (χ0v) is 12.0. The summed E-state index contributed by atoms with van der Waals surface area (Å²) in [6, 6.07) is 2.53. The first-order valence-corrected chi connectivity index (χ1v) is 7.51. The Morgan fingerprint density at radius 3 is 2.76 bits per heavy atom. The van der Waals surface area contributed by atoms with Gasteiger partial charge in [0.25, 0.3) is 0 Å². The second-order valence-corrected chi connectivity index (χ2v) is 6.79. The highest BCUT2D eigenvalue weighted by Crippen LogP contribution is 2.27. The fraction of sp³-hybridized carbons (Fsp3) is 0.583. The van der Waals surface area contributed by atoms with Crippen LogP contribution in [-0.2, 0) is 11.3 Å². The van der Waals surface area contributed by atoms with Gasteiger partial charge in [0.05, 0.1) is 10.3 Å². The van der Waals surface area contributed by atoms with E-state index in [4.69, 9.17) is 5.11 Å². The molecule has 0 saturated heterocycles. The second kappa shape index (κ2) is 5.98. The number of nitrogens with zero attached hydrogens (tertiary/aromatic N) is 1. The van der Waals surface area contributed by atoms with Crippen molar-refractivity contribution in [1.82, 2.24) is 4.90 Å². The molecule has 1 heterocycles. The number of hydrogen-bond donors (Lipinski definition) is 1. The number of carboxylic acids is 1. The van der Waals surface area contributed by atoms with Crippen molar-refractivity contribution in [3.05, 3.63) is 20.8 Å². The largest absolute Gasteiger partial charge is 0.480 e. The molecule has 1 saturated carbocycles. The number of carboxylic acid groups (broad SMARTS) is 1. The minimum absolute atomic E-state index is 0.151. The van der Waals surface area contributed by atoms with Crippen LogP contribution in [0.2, 0.25) is 0 Å². The summed E-state index contributed by atoms with van der Waals surface area (Å²) in [7, 11) is 0. The average molecular weight is 318 g/mol. The van der Waals surface area contributed by atoms with Crippen LogP contribution in [0.3, 0.4) is 0 Å². The highest BCUT2D eigenvalue weighted by atomic mass is 79.9. The van der Waals surface area contributed by atoms with E-state index < -0.39 is 5.97 Å². The maximum absolute atomic E-state index is 10.9. The molecule has 0 amide bonds. The Bertz CT molecular complexity index is 388. The van der Waals surface area contributed by atoms with Crippen molar-refractivity contribution >= 4 is 33.2 Å². The third kappa shape index (κ3) is 3.79. The second-order valence-electron chi connectivity index (χ2n) is 4.50. The third-order valence-electron chi connectivity index (χ3n) is 3.19. The quantitative estimate of drug-likeness (QED) is 0.905. The van der Waals surface area contributed by atoms with Gasteiger partial charge in [-0.25, -0.2) is 0 Å². The Balaban J connectivity index is 2.01. The van der Waals surface area contributed by atoms with E-state index in [1.165, 1.54) is 18.4 Å². The van der Waals surface area contributed by atoms with Crippen molar-refractivity contribution in [2.75, 3.05) is 6.54 Å². The van der Waals surface area contributed by atoms with Crippen LogP contribution in [0.5, 0.6) is 0 Å². The van der Waals surface area contributed by atoms with Gasteiger partial charge in [0.1, 0.15) is 0 Å². The normalized spacial score (nSPS) is 16.8. The highest BCUT2D eigenvalue weighted by molar-refractivity contribution is 9.11. The molecule has 1 fully saturated rings. The Labute approximate surface area is 114 Å². The average Bonchev–Trinajstić information content (AvgIpc) is 2.87. The Kier molecular flexibility index (Phi) is 4.59. The van der Waals surface area contributed by atoms with Crippen molar-refractivity contribution in [3.8, 4) is 0 Å². The molecular formula is C12H16BrNO2S.